The van der Waals surface area contributed by atoms with Crippen molar-refractivity contribution in [1.29, 1.82) is 0 Å². The first-order chi connectivity index (χ1) is 9.86. The summed E-state index contributed by atoms with van der Waals surface area (Å²) in [5, 5.41) is 11.8. The lowest BCUT2D eigenvalue weighted by Crippen LogP contribution is -2.26. The van der Waals surface area contributed by atoms with Crippen molar-refractivity contribution in [2.75, 3.05) is 5.32 Å². The van der Waals surface area contributed by atoms with Crippen LogP contribution < -0.4 is 5.32 Å². The van der Waals surface area contributed by atoms with E-state index in [9.17, 15) is 9.18 Å². The van der Waals surface area contributed by atoms with Crippen LogP contribution in [0.5, 0.6) is 0 Å². The summed E-state index contributed by atoms with van der Waals surface area (Å²) in [7, 11) is 0. The zero-order chi connectivity index (χ0) is 16.6. The van der Waals surface area contributed by atoms with Gasteiger partial charge in [-0.2, -0.15) is 0 Å². The van der Waals surface area contributed by atoms with Gasteiger partial charge in [0.15, 0.2) is 0 Å². The molecule has 2 N–H and O–H groups in total. The van der Waals surface area contributed by atoms with E-state index >= 15 is 0 Å². The maximum atomic E-state index is 13.4. The molecule has 0 aromatic heterocycles. The van der Waals surface area contributed by atoms with Gasteiger partial charge in [-0.05, 0) is 36.6 Å². The van der Waals surface area contributed by atoms with Gasteiger partial charge in [-0.25, -0.2) is 4.39 Å². The van der Waals surface area contributed by atoms with E-state index in [1.807, 2.05) is 27.7 Å². The Morgan fingerprint density at radius 3 is 2.33 bits per heavy atom. The number of hydrogen-bond acceptors (Lipinski definition) is 2. The molecule has 0 aliphatic heterocycles. The van der Waals surface area contributed by atoms with Crippen molar-refractivity contribution in [3.8, 4) is 0 Å². The Kier molecular flexibility index (Phi) is 8.36. The third-order valence-electron chi connectivity index (χ3n) is 3.09. The summed E-state index contributed by atoms with van der Waals surface area (Å²) in [6.45, 7) is 13.4. The van der Waals surface area contributed by atoms with Gasteiger partial charge in [-0.15, -0.1) is 6.58 Å². The molecule has 118 valence electrons. The Morgan fingerprint density at radius 1 is 1.33 bits per heavy atom. The third-order valence-corrected chi connectivity index (χ3v) is 3.09. The van der Waals surface area contributed by atoms with Gasteiger partial charge in [0.2, 0.25) is 0 Å². The molecule has 0 fully saturated rings. The van der Waals surface area contributed by atoms with E-state index < -0.39 is 12.0 Å². The predicted molar refractivity (Wildman–Crippen MR) is 86.2 cm³/mol. The molecule has 1 rings (SSSR count). The minimum Gasteiger partial charge on any atom is -0.480 e. The van der Waals surface area contributed by atoms with E-state index in [1.165, 1.54) is 12.1 Å². The molecule has 1 aromatic rings. The Morgan fingerprint density at radius 2 is 1.90 bits per heavy atom. The first kappa shape index (κ1) is 19.2. The summed E-state index contributed by atoms with van der Waals surface area (Å²) in [5.41, 5.74) is 1.37. The number of nitrogens with one attached hydrogen (secondary N) is 1. The van der Waals surface area contributed by atoms with E-state index in [0.717, 1.165) is 5.56 Å². The Labute approximate surface area is 126 Å². The number of carboxylic acids is 1. The molecule has 0 saturated carbocycles. The van der Waals surface area contributed by atoms with Gasteiger partial charge in [0.05, 0.1) is 0 Å². The van der Waals surface area contributed by atoms with Gasteiger partial charge in [-0.3, -0.25) is 4.79 Å². The highest BCUT2D eigenvalue weighted by Crippen LogP contribution is 2.32. The molecular formula is C17H26FNO2. The fraction of sp³-hybridized carbons (Fsp3) is 0.471. The van der Waals surface area contributed by atoms with Crippen LogP contribution in [0, 0.1) is 11.7 Å². The van der Waals surface area contributed by atoms with Crippen molar-refractivity contribution < 1.29 is 14.3 Å². The normalized spacial score (nSPS) is 12.9. The second-order valence-electron chi connectivity index (χ2n) is 4.94. The smallest absolute Gasteiger partial charge is 0.325 e. The highest BCUT2D eigenvalue weighted by atomic mass is 19.1. The van der Waals surface area contributed by atoms with E-state index in [4.69, 9.17) is 5.11 Å². The zero-order valence-corrected chi connectivity index (χ0v) is 13.5. The second kappa shape index (κ2) is 9.16. The van der Waals surface area contributed by atoms with Crippen LogP contribution in [0.1, 0.15) is 46.1 Å². The summed E-state index contributed by atoms with van der Waals surface area (Å²) in [4.78, 5) is 10.9. The van der Waals surface area contributed by atoms with Crippen LogP contribution in [0.3, 0.4) is 0 Å². The molecular weight excluding hydrogens is 269 g/mol. The van der Waals surface area contributed by atoms with Crippen molar-refractivity contribution in [3.63, 3.8) is 0 Å². The molecule has 2 unspecified atom stereocenters. The number of halogens is 1. The maximum Gasteiger partial charge on any atom is 0.325 e. The molecule has 4 heteroatoms. The predicted octanol–water partition coefficient (Wildman–Crippen LogP) is 4.66. The average Bonchev–Trinajstić information content (AvgIpc) is 2.44. The number of rotatable bonds is 6. The summed E-state index contributed by atoms with van der Waals surface area (Å²) >= 11 is 0. The zero-order valence-electron chi connectivity index (χ0n) is 13.5. The second-order valence-corrected chi connectivity index (χ2v) is 4.94. The third kappa shape index (κ3) is 5.58. The summed E-state index contributed by atoms with van der Waals surface area (Å²) in [6, 6.07) is 3.59. The van der Waals surface area contributed by atoms with Gasteiger partial charge < -0.3 is 10.4 Å². The van der Waals surface area contributed by atoms with Gasteiger partial charge in [-0.1, -0.05) is 33.8 Å². The monoisotopic (exact) mass is 295 g/mol. The van der Waals surface area contributed by atoms with Crippen molar-refractivity contribution in [1.82, 2.24) is 0 Å². The standard InChI is InChI=1S/C15H20FNO2.C2H6/c1-5-12(9(2)3)13-8-11(16)6-7-14(13)17-10(4)15(18)19;1-2/h5-10,12,17H,1H2,2-4H3,(H,18,19);1-2H3. The topological polar surface area (TPSA) is 49.3 Å². The molecule has 3 nitrogen and oxygen atoms in total. The largest absolute Gasteiger partial charge is 0.480 e. The van der Waals surface area contributed by atoms with Crippen LogP contribution in [0.4, 0.5) is 10.1 Å². The van der Waals surface area contributed by atoms with Crippen molar-refractivity contribution in [3.05, 3.63) is 42.2 Å². The molecule has 0 bridgehead atoms. The molecule has 1 aromatic carbocycles. The van der Waals surface area contributed by atoms with Crippen LogP contribution in [-0.2, 0) is 4.79 Å². The van der Waals surface area contributed by atoms with E-state index in [-0.39, 0.29) is 17.7 Å². The Bertz CT molecular complexity index is 472. The van der Waals surface area contributed by atoms with E-state index in [1.54, 1.807) is 19.1 Å². The maximum absolute atomic E-state index is 13.4. The van der Waals surface area contributed by atoms with Crippen LogP contribution in [0.2, 0.25) is 0 Å². The van der Waals surface area contributed by atoms with Crippen molar-refractivity contribution in [2.24, 2.45) is 5.92 Å². The molecule has 0 aliphatic carbocycles. The lowest BCUT2D eigenvalue weighted by molar-refractivity contribution is -0.137. The number of anilines is 1. The molecule has 21 heavy (non-hydrogen) atoms. The summed E-state index contributed by atoms with van der Waals surface area (Å²) in [5.74, 6) is -1.06. The minimum atomic E-state index is -0.949. The Balaban J connectivity index is 0.00000191. The van der Waals surface area contributed by atoms with Gasteiger partial charge in [0, 0.05) is 11.6 Å². The average molecular weight is 295 g/mol. The first-order valence-corrected chi connectivity index (χ1v) is 7.28. The number of carboxylic acid groups (broad SMARTS) is 1. The number of allylic oxidation sites excluding steroid dienone is 1. The highest BCUT2D eigenvalue weighted by Gasteiger charge is 2.19. The number of carbonyl (C=O) groups is 1. The van der Waals surface area contributed by atoms with Crippen molar-refractivity contribution >= 4 is 11.7 Å². The lowest BCUT2D eigenvalue weighted by Gasteiger charge is -2.22. The van der Waals surface area contributed by atoms with Crippen LogP contribution in [0.25, 0.3) is 0 Å². The number of aliphatic carboxylic acids is 1. The first-order valence-electron chi connectivity index (χ1n) is 7.28. The molecule has 0 heterocycles. The van der Waals surface area contributed by atoms with Gasteiger partial charge >= 0.3 is 5.97 Å². The number of hydrogen-bond donors (Lipinski definition) is 2. The highest BCUT2D eigenvalue weighted by molar-refractivity contribution is 5.77. The quantitative estimate of drug-likeness (QED) is 0.750. The summed E-state index contributed by atoms with van der Waals surface area (Å²) < 4.78 is 13.4. The van der Waals surface area contributed by atoms with Crippen LogP contribution >= 0.6 is 0 Å². The molecule has 0 spiro atoms. The van der Waals surface area contributed by atoms with E-state index in [2.05, 4.69) is 11.9 Å². The van der Waals surface area contributed by atoms with Crippen LogP contribution in [0.15, 0.2) is 30.9 Å². The Hall–Kier alpha value is -1.84. The van der Waals surface area contributed by atoms with Crippen LogP contribution in [-0.4, -0.2) is 17.1 Å². The number of benzene rings is 1. The fourth-order valence-electron chi connectivity index (χ4n) is 1.99. The SMILES string of the molecule is C=CC(c1cc(F)ccc1NC(C)C(=O)O)C(C)C.CC. The van der Waals surface area contributed by atoms with Gasteiger partial charge in [0.25, 0.3) is 0 Å². The molecule has 0 saturated heterocycles. The molecule has 2 atom stereocenters. The van der Waals surface area contributed by atoms with E-state index in [0.29, 0.717) is 5.69 Å². The minimum absolute atomic E-state index is 0.0285. The summed E-state index contributed by atoms with van der Waals surface area (Å²) in [6.07, 6.45) is 1.76. The van der Waals surface area contributed by atoms with Crippen molar-refractivity contribution in [2.45, 2.75) is 46.6 Å². The fourth-order valence-corrected chi connectivity index (χ4v) is 1.99. The molecule has 0 radical (unpaired) electrons. The van der Waals surface area contributed by atoms with Gasteiger partial charge in [0.1, 0.15) is 11.9 Å². The molecule has 0 aliphatic rings. The lowest BCUT2D eigenvalue weighted by atomic mass is 9.87. The molecule has 0 amide bonds.